The van der Waals surface area contributed by atoms with Gasteiger partial charge in [-0.1, -0.05) is 13.8 Å². The average molecular weight is 224 g/mol. The number of hydrogen-bond acceptors (Lipinski definition) is 3. The van der Waals surface area contributed by atoms with Crippen LogP contribution in [0.1, 0.15) is 19.4 Å². The molecule has 1 rings (SSSR count). The first kappa shape index (κ1) is 13.2. The van der Waals surface area contributed by atoms with Crippen molar-refractivity contribution in [3.05, 3.63) is 18.0 Å². The molecule has 0 amide bonds. The Balaban J connectivity index is 2.33. The first-order valence-electron chi connectivity index (χ1n) is 6.05. The number of rotatable bonds is 7. The van der Waals surface area contributed by atoms with Gasteiger partial charge < -0.3 is 10.6 Å². The highest BCUT2D eigenvalue weighted by molar-refractivity contribution is 5.03. The largest absolute Gasteiger partial charge is 0.330 e. The van der Waals surface area contributed by atoms with Crippen molar-refractivity contribution in [2.75, 3.05) is 26.2 Å². The fourth-order valence-electron chi connectivity index (χ4n) is 1.78. The van der Waals surface area contributed by atoms with Gasteiger partial charge in [-0.15, -0.1) is 0 Å². The van der Waals surface area contributed by atoms with Crippen molar-refractivity contribution in [1.29, 1.82) is 0 Å². The average Bonchev–Trinajstić information content (AvgIpc) is 2.69. The third kappa shape index (κ3) is 4.33. The van der Waals surface area contributed by atoms with Crippen LogP contribution in [0.4, 0.5) is 0 Å². The Morgan fingerprint density at radius 1 is 1.56 bits per heavy atom. The molecule has 0 aliphatic rings. The number of nitrogens with two attached hydrogens (primary N) is 1. The molecule has 0 saturated carbocycles. The number of aromatic nitrogens is 2. The lowest BCUT2D eigenvalue weighted by Gasteiger charge is -2.23. The minimum absolute atomic E-state index is 0.578. The summed E-state index contributed by atoms with van der Waals surface area (Å²) >= 11 is 0. The van der Waals surface area contributed by atoms with Gasteiger partial charge in [-0.05, 0) is 31.0 Å². The molecule has 1 aromatic heterocycles. The molecular weight excluding hydrogens is 200 g/mol. The SMILES string of the molecule is CCN(CCc1cnn(C)c1)CC(C)CN. The predicted molar refractivity (Wildman–Crippen MR) is 67.2 cm³/mol. The topological polar surface area (TPSA) is 47.1 Å². The third-order valence-electron chi connectivity index (χ3n) is 2.89. The standard InChI is InChI=1S/C12H24N4/c1-4-16(9-11(2)7-13)6-5-12-8-14-15(3)10-12/h8,10-11H,4-7,9,13H2,1-3H3. The molecule has 1 heterocycles. The number of aryl methyl sites for hydroxylation is 1. The van der Waals surface area contributed by atoms with Crippen LogP contribution in [0.5, 0.6) is 0 Å². The summed E-state index contributed by atoms with van der Waals surface area (Å²) in [5.41, 5.74) is 6.95. The van der Waals surface area contributed by atoms with Gasteiger partial charge in [0.05, 0.1) is 6.20 Å². The summed E-state index contributed by atoms with van der Waals surface area (Å²) in [6, 6.07) is 0. The molecule has 0 bridgehead atoms. The molecule has 1 aromatic rings. The Morgan fingerprint density at radius 3 is 2.81 bits per heavy atom. The zero-order valence-corrected chi connectivity index (χ0v) is 10.7. The Bertz CT molecular complexity index is 295. The molecule has 4 heteroatoms. The Morgan fingerprint density at radius 2 is 2.31 bits per heavy atom. The first-order chi connectivity index (χ1) is 7.65. The van der Waals surface area contributed by atoms with Crippen LogP contribution in [0.25, 0.3) is 0 Å². The van der Waals surface area contributed by atoms with Crippen LogP contribution in [0, 0.1) is 5.92 Å². The van der Waals surface area contributed by atoms with Crippen LogP contribution >= 0.6 is 0 Å². The van der Waals surface area contributed by atoms with E-state index in [2.05, 4.69) is 30.0 Å². The molecule has 0 saturated heterocycles. The fraction of sp³-hybridized carbons (Fsp3) is 0.750. The van der Waals surface area contributed by atoms with E-state index in [1.54, 1.807) is 0 Å². The van der Waals surface area contributed by atoms with Crippen LogP contribution in [0.3, 0.4) is 0 Å². The molecule has 2 N–H and O–H groups in total. The Hall–Kier alpha value is -0.870. The van der Waals surface area contributed by atoms with Crippen LogP contribution in [0.15, 0.2) is 12.4 Å². The lowest BCUT2D eigenvalue weighted by atomic mass is 10.1. The maximum Gasteiger partial charge on any atom is 0.0522 e. The molecule has 0 radical (unpaired) electrons. The molecule has 1 unspecified atom stereocenters. The van der Waals surface area contributed by atoms with Gasteiger partial charge in [0.2, 0.25) is 0 Å². The lowest BCUT2D eigenvalue weighted by molar-refractivity contribution is 0.254. The van der Waals surface area contributed by atoms with Crippen LogP contribution < -0.4 is 5.73 Å². The van der Waals surface area contributed by atoms with E-state index >= 15 is 0 Å². The number of likely N-dealkylation sites (N-methyl/N-ethyl adjacent to an activating group) is 1. The predicted octanol–water partition coefficient (Wildman–Crippen LogP) is 0.879. The second kappa shape index (κ2) is 6.66. The zero-order valence-electron chi connectivity index (χ0n) is 10.7. The van der Waals surface area contributed by atoms with Gasteiger partial charge >= 0.3 is 0 Å². The van der Waals surface area contributed by atoms with Crippen LogP contribution in [-0.4, -0.2) is 40.9 Å². The summed E-state index contributed by atoms with van der Waals surface area (Å²) in [7, 11) is 1.96. The minimum atomic E-state index is 0.578. The van der Waals surface area contributed by atoms with Crippen molar-refractivity contribution in [2.24, 2.45) is 18.7 Å². The highest BCUT2D eigenvalue weighted by Gasteiger charge is 2.07. The molecule has 4 nitrogen and oxygen atoms in total. The van der Waals surface area contributed by atoms with Gasteiger partial charge in [0.25, 0.3) is 0 Å². The second-order valence-corrected chi connectivity index (χ2v) is 4.51. The highest BCUT2D eigenvalue weighted by Crippen LogP contribution is 2.02. The number of hydrogen-bond donors (Lipinski definition) is 1. The van der Waals surface area contributed by atoms with Gasteiger partial charge in [-0.2, -0.15) is 5.10 Å². The third-order valence-corrected chi connectivity index (χ3v) is 2.89. The monoisotopic (exact) mass is 224 g/mol. The molecule has 16 heavy (non-hydrogen) atoms. The maximum absolute atomic E-state index is 5.65. The molecular formula is C12H24N4. The quantitative estimate of drug-likeness (QED) is 0.748. The molecule has 0 aliphatic heterocycles. The summed E-state index contributed by atoms with van der Waals surface area (Å²) in [6.45, 7) is 8.44. The summed E-state index contributed by atoms with van der Waals surface area (Å²) < 4.78 is 1.86. The van der Waals surface area contributed by atoms with E-state index in [0.29, 0.717) is 5.92 Å². The van der Waals surface area contributed by atoms with Gasteiger partial charge in [-0.25, -0.2) is 0 Å². The van der Waals surface area contributed by atoms with Crippen LogP contribution in [-0.2, 0) is 13.5 Å². The lowest BCUT2D eigenvalue weighted by Crippen LogP contribution is -2.33. The Kier molecular flexibility index (Phi) is 5.49. The second-order valence-electron chi connectivity index (χ2n) is 4.51. The Labute approximate surface area is 98.4 Å². The van der Waals surface area contributed by atoms with Crippen molar-refractivity contribution in [3.8, 4) is 0 Å². The van der Waals surface area contributed by atoms with Crippen molar-refractivity contribution in [2.45, 2.75) is 20.3 Å². The van der Waals surface area contributed by atoms with Crippen molar-refractivity contribution >= 4 is 0 Å². The van der Waals surface area contributed by atoms with Gasteiger partial charge in [0.15, 0.2) is 0 Å². The minimum Gasteiger partial charge on any atom is -0.330 e. The summed E-state index contributed by atoms with van der Waals surface area (Å²) in [5.74, 6) is 0.578. The summed E-state index contributed by atoms with van der Waals surface area (Å²) in [5, 5.41) is 4.18. The van der Waals surface area contributed by atoms with Crippen molar-refractivity contribution in [1.82, 2.24) is 14.7 Å². The van der Waals surface area contributed by atoms with Gasteiger partial charge in [-0.3, -0.25) is 4.68 Å². The van der Waals surface area contributed by atoms with E-state index < -0.39 is 0 Å². The summed E-state index contributed by atoms with van der Waals surface area (Å²) in [4.78, 5) is 2.45. The maximum atomic E-state index is 5.65. The fourth-order valence-corrected chi connectivity index (χ4v) is 1.78. The van der Waals surface area contributed by atoms with E-state index in [1.807, 2.05) is 17.9 Å². The van der Waals surface area contributed by atoms with Crippen molar-refractivity contribution in [3.63, 3.8) is 0 Å². The van der Waals surface area contributed by atoms with E-state index in [-0.39, 0.29) is 0 Å². The van der Waals surface area contributed by atoms with Gasteiger partial charge in [0, 0.05) is 26.3 Å². The molecule has 1 atom stereocenters. The molecule has 0 fully saturated rings. The van der Waals surface area contributed by atoms with Crippen molar-refractivity contribution < 1.29 is 0 Å². The van der Waals surface area contributed by atoms with E-state index in [4.69, 9.17) is 5.73 Å². The smallest absolute Gasteiger partial charge is 0.0522 e. The first-order valence-corrected chi connectivity index (χ1v) is 6.05. The molecule has 0 aromatic carbocycles. The normalized spacial score (nSPS) is 13.3. The van der Waals surface area contributed by atoms with E-state index in [0.717, 1.165) is 32.6 Å². The molecule has 0 aliphatic carbocycles. The summed E-state index contributed by atoms with van der Waals surface area (Å²) in [6.07, 6.45) is 5.10. The van der Waals surface area contributed by atoms with Crippen LogP contribution in [0.2, 0.25) is 0 Å². The van der Waals surface area contributed by atoms with E-state index in [1.165, 1.54) is 5.56 Å². The van der Waals surface area contributed by atoms with Gasteiger partial charge in [0.1, 0.15) is 0 Å². The van der Waals surface area contributed by atoms with E-state index in [9.17, 15) is 0 Å². The highest BCUT2D eigenvalue weighted by atomic mass is 15.2. The molecule has 92 valence electrons. The zero-order chi connectivity index (χ0) is 12.0. The molecule has 0 spiro atoms. The number of nitrogens with zero attached hydrogens (tertiary/aromatic N) is 3.